The smallest absolute Gasteiger partial charge is 0.232 e. The summed E-state index contributed by atoms with van der Waals surface area (Å²) >= 11 is 5.79. The fraction of sp³-hybridized carbons (Fsp3) is 0.538. The van der Waals surface area contributed by atoms with Crippen molar-refractivity contribution >= 4 is 31.3 Å². The lowest BCUT2D eigenvalue weighted by Gasteiger charge is -2.10. The summed E-state index contributed by atoms with van der Waals surface area (Å²) in [5, 5.41) is 0.708. The second-order valence-corrected chi connectivity index (χ2v) is 7.94. The van der Waals surface area contributed by atoms with E-state index in [9.17, 15) is 8.42 Å². The Balaban J connectivity index is 2.15. The molecule has 1 aromatic rings. The molecule has 0 bridgehead atoms. The Morgan fingerprint density at radius 3 is 2.42 bits per heavy atom. The summed E-state index contributed by atoms with van der Waals surface area (Å²) in [5.41, 5.74) is 1.07. The van der Waals surface area contributed by atoms with Crippen molar-refractivity contribution in [1.29, 1.82) is 0 Å². The van der Waals surface area contributed by atoms with Gasteiger partial charge in [-0.05, 0) is 36.5 Å². The van der Waals surface area contributed by atoms with Gasteiger partial charge in [0.1, 0.15) is 0 Å². The summed E-state index contributed by atoms with van der Waals surface area (Å²) in [4.78, 5) is 0. The highest BCUT2D eigenvalue weighted by Gasteiger charge is 2.09. The average Bonchev–Trinajstić information content (AvgIpc) is 2.33. The minimum Gasteiger partial charge on any atom is -0.377 e. The number of rotatable bonds is 8. The third kappa shape index (κ3) is 8.47. The van der Waals surface area contributed by atoms with Crippen molar-refractivity contribution in [3.05, 3.63) is 34.9 Å². The summed E-state index contributed by atoms with van der Waals surface area (Å²) in [6, 6.07) is 7.50. The van der Waals surface area contributed by atoms with Crippen LogP contribution in [0.1, 0.15) is 25.3 Å². The van der Waals surface area contributed by atoms with Crippen LogP contribution in [-0.2, 0) is 20.4 Å². The lowest BCUT2D eigenvalue weighted by atomic mass is 10.1. The van der Waals surface area contributed by atoms with Crippen LogP contribution in [0.15, 0.2) is 24.3 Å². The summed E-state index contributed by atoms with van der Waals surface area (Å²) in [6.07, 6.45) is 1.39. The van der Waals surface area contributed by atoms with Crippen molar-refractivity contribution in [2.75, 3.05) is 12.4 Å². The van der Waals surface area contributed by atoms with Crippen LogP contribution in [-0.4, -0.2) is 20.8 Å². The van der Waals surface area contributed by atoms with E-state index in [1.807, 2.05) is 31.2 Å². The predicted octanol–water partition coefficient (Wildman–Crippen LogP) is 3.84. The normalized spacial score (nSPS) is 13.4. The molecule has 0 aliphatic rings. The van der Waals surface area contributed by atoms with Gasteiger partial charge in [-0.3, -0.25) is 0 Å². The third-order valence-electron chi connectivity index (χ3n) is 2.79. The van der Waals surface area contributed by atoms with E-state index in [0.717, 1.165) is 12.0 Å². The van der Waals surface area contributed by atoms with Crippen molar-refractivity contribution in [2.24, 2.45) is 5.92 Å². The van der Waals surface area contributed by atoms with E-state index in [1.165, 1.54) is 0 Å². The van der Waals surface area contributed by atoms with Gasteiger partial charge in [-0.15, -0.1) is 0 Å². The number of hydrogen-bond acceptors (Lipinski definition) is 3. The quantitative estimate of drug-likeness (QED) is 0.539. The predicted molar refractivity (Wildman–Crippen MR) is 79.1 cm³/mol. The first kappa shape index (κ1) is 16.8. The van der Waals surface area contributed by atoms with Crippen LogP contribution < -0.4 is 0 Å². The lowest BCUT2D eigenvalue weighted by molar-refractivity contribution is 0.108. The van der Waals surface area contributed by atoms with E-state index < -0.39 is 9.05 Å². The second-order valence-electron chi connectivity index (χ2n) is 4.60. The van der Waals surface area contributed by atoms with Gasteiger partial charge in [0.15, 0.2) is 0 Å². The van der Waals surface area contributed by atoms with Crippen molar-refractivity contribution < 1.29 is 13.2 Å². The van der Waals surface area contributed by atoms with Gasteiger partial charge in [-0.25, -0.2) is 8.42 Å². The van der Waals surface area contributed by atoms with E-state index >= 15 is 0 Å². The van der Waals surface area contributed by atoms with Crippen LogP contribution >= 0.6 is 22.3 Å². The fourth-order valence-corrected chi connectivity index (χ4v) is 2.62. The molecule has 3 nitrogen and oxygen atoms in total. The third-order valence-corrected chi connectivity index (χ3v) is 4.23. The molecule has 0 spiro atoms. The molecule has 1 unspecified atom stereocenters. The Morgan fingerprint density at radius 2 is 1.84 bits per heavy atom. The first-order chi connectivity index (χ1) is 8.87. The van der Waals surface area contributed by atoms with Crippen LogP contribution in [0.2, 0.25) is 5.02 Å². The molecular formula is C13H18Cl2O3S. The van der Waals surface area contributed by atoms with Gasteiger partial charge in [0, 0.05) is 22.3 Å². The summed E-state index contributed by atoms with van der Waals surface area (Å²) in [5.74, 6) is 0.297. The molecule has 0 N–H and O–H groups in total. The van der Waals surface area contributed by atoms with Gasteiger partial charge < -0.3 is 4.74 Å². The maximum absolute atomic E-state index is 10.8. The zero-order chi connectivity index (χ0) is 14.3. The van der Waals surface area contributed by atoms with E-state index in [0.29, 0.717) is 24.7 Å². The molecule has 1 atom stereocenters. The van der Waals surface area contributed by atoms with Crippen LogP contribution in [0, 0.1) is 5.92 Å². The molecular weight excluding hydrogens is 307 g/mol. The number of halogens is 2. The molecule has 0 radical (unpaired) electrons. The molecule has 0 amide bonds. The highest BCUT2D eigenvalue weighted by molar-refractivity contribution is 8.13. The molecule has 108 valence electrons. The maximum Gasteiger partial charge on any atom is 0.232 e. The van der Waals surface area contributed by atoms with E-state index in [2.05, 4.69) is 0 Å². The Bertz CT molecular complexity index is 471. The highest BCUT2D eigenvalue weighted by atomic mass is 35.7. The minimum atomic E-state index is -3.38. The Kier molecular flexibility index (Phi) is 7.15. The molecule has 19 heavy (non-hydrogen) atoms. The first-order valence-electron chi connectivity index (χ1n) is 6.11. The molecule has 0 aromatic heterocycles. The second kappa shape index (κ2) is 8.10. The van der Waals surface area contributed by atoms with Crippen LogP contribution in [0.4, 0.5) is 0 Å². The first-order valence-corrected chi connectivity index (χ1v) is 8.97. The number of ether oxygens (including phenoxy) is 1. The van der Waals surface area contributed by atoms with E-state index in [4.69, 9.17) is 27.0 Å². The standard InChI is InChI=1S/C13H18Cl2O3S/c1-11(7-9-19(15,16)17)6-8-18-10-12-2-4-13(14)5-3-12/h2-5,11H,6-10H2,1H3. The molecule has 0 aliphatic heterocycles. The van der Waals surface area contributed by atoms with Crippen molar-refractivity contribution in [2.45, 2.75) is 26.4 Å². The van der Waals surface area contributed by atoms with Gasteiger partial charge >= 0.3 is 0 Å². The zero-order valence-electron chi connectivity index (χ0n) is 10.8. The fourth-order valence-electron chi connectivity index (χ4n) is 1.54. The molecule has 0 saturated carbocycles. The Morgan fingerprint density at radius 1 is 1.21 bits per heavy atom. The molecule has 0 heterocycles. The van der Waals surface area contributed by atoms with Crippen molar-refractivity contribution in [3.63, 3.8) is 0 Å². The summed E-state index contributed by atoms with van der Waals surface area (Å²) in [6.45, 7) is 3.14. The number of hydrogen-bond donors (Lipinski definition) is 0. The lowest BCUT2D eigenvalue weighted by Crippen LogP contribution is -2.07. The Labute approximate surface area is 124 Å². The van der Waals surface area contributed by atoms with Gasteiger partial charge in [-0.1, -0.05) is 30.7 Å². The van der Waals surface area contributed by atoms with E-state index in [1.54, 1.807) is 0 Å². The number of benzene rings is 1. The zero-order valence-corrected chi connectivity index (χ0v) is 13.1. The molecule has 1 aromatic carbocycles. The molecule has 0 aliphatic carbocycles. The maximum atomic E-state index is 10.8. The Hall–Kier alpha value is -0.290. The minimum absolute atomic E-state index is 0.0207. The van der Waals surface area contributed by atoms with Gasteiger partial charge in [0.25, 0.3) is 0 Å². The van der Waals surface area contributed by atoms with Gasteiger partial charge in [-0.2, -0.15) is 0 Å². The van der Waals surface area contributed by atoms with Gasteiger partial charge in [0.2, 0.25) is 9.05 Å². The topological polar surface area (TPSA) is 43.4 Å². The molecule has 0 saturated heterocycles. The highest BCUT2D eigenvalue weighted by Crippen LogP contribution is 2.13. The largest absolute Gasteiger partial charge is 0.377 e. The van der Waals surface area contributed by atoms with Crippen molar-refractivity contribution in [1.82, 2.24) is 0 Å². The molecule has 0 fully saturated rings. The molecule has 1 rings (SSSR count). The van der Waals surface area contributed by atoms with Crippen LogP contribution in [0.3, 0.4) is 0 Å². The van der Waals surface area contributed by atoms with Crippen LogP contribution in [0.5, 0.6) is 0 Å². The van der Waals surface area contributed by atoms with E-state index in [-0.39, 0.29) is 11.7 Å². The molecule has 6 heteroatoms. The summed E-state index contributed by atoms with van der Waals surface area (Å²) < 4.78 is 27.1. The van der Waals surface area contributed by atoms with Gasteiger partial charge in [0.05, 0.1) is 12.4 Å². The average molecular weight is 325 g/mol. The monoisotopic (exact) mass is 324 g/mol. The SMILES string of the molecule is CC(CCOCc1ccc(Cl)cc1)CCS(=O)(=O)Cl. The summed E-state index contributed by atoms with van der Waals surface area (Å²) in [7, 11) is 1.78. The van der Waals surface area contributed by atoms with Crippen LogP contribution in [0.25, 0.3) is 0 Å². The van der Waals surface area contributed by atoms with Crippen molar-refractivity contribution in [3.8, 4) is 0 Å².